The molecule has 0 aliphatic carbocycles. The van der Waals surface area contributed by atoms with Crippen LogP contribution in [0.15, 0.2) is 72.9 Å². The van der Waals surface area contributed by atoms with Crippen molar-refractivity contribution in [2.24, 2.45) is 0 Å². The van der Waals surface area contributed by atoms with Gasteiger partial charge in [0.15, 0.2) is 5.78 Å². The van der Waals surface area contributed by atoms with Crippen molar-refractivity contribution in [2.45, 2.75) is 44.5 Å². The largest absolute Gasteiger partial charge is 0.391 e. The molecule has 0 radical (unpaired) electrons. The maximum Gasteiger partial charge on any atom is 0.251 e. The third-order valence-electron chi connectivity index (χ3n) is 5.87. The van der Waals surface area contributed by atoms with Crippen LogP contribution < -0.4 is 10.6 Å². The summed E-state index contributed by atoms with van der Waals surface area (Å²) >= 11 is 0. The summed E-state index contributed by atoms with van der Waals surface area (Å²) in [5.74, 6) is -0.255. The molecule has 1 aromatic heterocycles. The minimum Gasteiger partial charge on any atom is -0.391 e. The molecule has 1 aliphatic rings. The normalized spacial score (nSPS) is 16.1. The summed E-state index contributed by atoms with van der Waals surface area (Å²) in [6.45, 7) is 1.08. The summed E-state index contributed by atoms with van der Waals surface area (Å²) in [4.78, 5) is 29.1. The van der Waals surface area contributed by atoms with Gasteiger partial charge in [-0.25, -0.2) is 0 Å². The summed E-state index contributed by atoms with van der Waals surface area (Å²) in [5.41, 5.74) is 4.32. The van der Waals surface area contributed by atoms with Crippen LogP contribution in [0.4, 0.5) is 0 Å². The smallest absolute Gasteiger partial charge is 0.251 e. The van der Waals surface area contributed by atoms with Gasteiger partial charge in [0.05, 0.1) is 18.3 Å². The van der Waals surface area contributed by atoms with E-state index in [9.17, 15) is 14.7 Å². The number of aliphatic hydroxyl groups excluding tert-OH is 1. The molecule has 6 nitrogen and oxygen atoms in total. The Bertz CT molecular complexity index is 1070. The monoisotopic (exact) mass is 429 g/mol. The third-order valence-corrected chi connectivity index (χ3v) is 5.87. The van der Waals surface area contributed by atoms with Crippen molar-refractivity contribution >= 4 is 11.7 Å². The number of amides is 1. The molecule has 4 rings (SSSR count). The maximum absolute atomic E-state index is 12.6. The quantitative estimate of drug-likeness (QED) is 0.479. The number of nitrogens with one attached hydrogen (secondary N) is 2. The number of fused-ring (bicyclic) bond motifs is 1. The Labute approximate surface area is 187 Å². The standard InChI is InChI=1S/C26H27N3O3/c30-24(12-13-25(31)23-15-20-5-1-2-6-21(20)16-28-23)18-8-10-19(11-9-18)26(32)29-17-22-7-3-4-14-27-22/h1-11,14,23,25,28,31H,12-13,15-17H2,(H,29,32)/t23-,25+/m0/s1. The fourth-order valence-electron chi connectivity index (χ4n) is 3.96. The lowest BCUT2D eigenvalue weighted by molar-refractivity contribution is 0.0876. The van der Waals surface area contributed by atoms with Crippen LogP contribution in [0.2, 0.25) is 0 Å². The summed E-state index contributed by atoms with van der Waals surface area (Å²) in [6.07, 6.45) is 2.50. The molecule has 0 unspecified atom stereocenters. The van der Waals surface area contributed by atoms with Crippen molar-refractivity contribution in [1.82, 2.24) is 15.6 Å². The Kier molecular flexibility index (Phi) is 7.04. The first-order valence-corrected chi connectivity index (χ1v) is 10.9. The number of nitrogens with zero attached hydrogens (tertiary/aromatic N) is 1. The van der Waals surface area contributed by atoms with Gasteiger partial charge < -0.3 is 15.7 Å². The number of aromatic nitrogens is 1. The lowest BCUT2D eigenvalue weighted by Crippen LogP contribution is -2.44. The summed E-state index contributed by atoms with van der Waals surface area (Å²) in [5, 5.41) is 16.8. The lowest BCUT2D eigenvalue weighted by Gasteiger charge is -2.29. The van der Waals surface area contributed by atoms with Crippen molar-refractivity contribution < 1.29 is 14.7 Å². The van der Waals surface area contributed by atoms with E-state index in [-0.39, 0.29) is 24.2 Å². The fraction of sp³-hybridized carbons (Fsp3) is 0.269. The Morgan fingerprint density at radius 1 is 1.00 bits per heavy atom. The molecule has 6 heteroatoms. The van der Waals surface area contributed by atoms with E-state index in [0.717, 1.165) is 18.7 Å². The molecule has 2 aromatic carbocycles. The van der Waals surface area contributed by atoms with E-state index in [0.29, 0.717) is 24.1 Å². The first-order valence-electron chi connectivity index (χ1n) is 10.9. The molecule has 164 valence electrons. The second-order valence-electron chi connectivity index (χ2n) is 8.07. The summed E-state index contributed by atoms with van der Waals surface area (Å²) < 4.78 is 0. The minimum absolute atomic E-state index is 0.0410. The molecule has 2 heterocycles. The minimum atomic E-state index is -0.594. The van der Waals surface area contributed by atoms with E-state index < -0.39 is 6.10 Å². The summed E-state index contributed by atoms with van der Waals surface area (Å²) in [7, 11) is 0. The van der Waals surface area contributed by atoms with E-state index in [2.05, 4.69) is 27.8 Å². The molecule has 1 aliphatic heterocycles. The van der Waals surface area contributed by atoms with Gasteiger partial charge in [0, 0.05) is 36.3 Å². The highest BCUT2D eigenvalue weighted by Crippen LogP contribution is 2.20. The van der Waals surface area contributed by atoms with Crippen LogP contribution in [0.25, 0.3) is 0 Å². The number of benzene rings is 2. The zero-order valence-corrected chi connectivity index (χ0v) is 17.8. The molecular formula is C26H27N3O3. The Hall–Kier alpha value is -3.35. The van der Waals surface area contributed by atoms with Gasteiger partial charge in [-0.1, -0.05) is 42.5 Å². The van der Waals surface area contributed by atoms with Gasteiger partial charge in [-0.15, -0.1) is 0 Å². The number of pyridine rings is 1. The van der Waals surface area contributed by atoms with Crippen LogP contribution in [0.1, 0.15) is 50.4 Å². The highest BCUT2D eigenvalue weighted by molar-refractivity contribution is 5.98. The second kappa shape index (κ2) is 10.3. The fourth-order valence-corrected chi connectivity index (χ4v) is 3.96. The second-order valence-corrected chi connectivity index (χ2v) is 8.07. The van der Waals surface area contributed by atoms with Crippen molar-refractivity contribution in [3.8, 4) is 0 Å². The van der Waals surface area contributed by atoms with Crippen LogP contribution in [0, 0.1) is 0 Å². The first kappa shape index (κ1) is 21.9. The topological polar surface area (TPSA) is 91.3 Å². The molecule has 0 saturated carbocycles. The van der Waals surface area contributed by atoms with Crippen molar-refractivity contribution in [3.63, 3.8) is 0 Å². The van der Waals surface area contributed by atoms with Crippen LogP contribution in [-0.4, -0.2) is 33.9 Å². The summed E-state index contributed by atoms with van der Waals surface area (Å²) in [6, 6.07) is 20.3. The number of hydrogen-bond acceptors (Lipinski definition) is 5. The van der Waals surface area contributed by atoms with Crippen molar-refractivity contribution in [1.29, 1.82) is 0 Å². The number of ketones is 1. The van der Waals surface area contributed by atoms with Gasteiger partial charge >= 0.3 is 0 Å². The Balaban J connectivity index is 1.26. The molecule has 0 saturated heterocycles. The average molecular weight is 430 g/mol. The zero-order valence-electron chi connectivity index (χ0n) is 17.8. The Morgan fingerprint density at radius 2 is 1.72 bits per heavy atom. The predicted octanol–water partition coefficient (Wildman–Crippen LogP) is 3.05. The van der Waals surface area contributed by atoms with Gasteiger partial charge in [-0.05, 0) is 48.2 Å². The number of hydrogen-bond donors (Lipinski definition) is 3. The number of aliphatic hydroxyl groups is 1. The van der Waals surface area contributed by atoms with E-state index in [1.165, 1.54) is 11.1 Å². The molecule has 0 bridgehead atoms. The number of rotatable bonds is 8. The van der Waals surface area contributed by atoms with Crippen molar-refractivity contribution in [2.75, 3.05) is 0 Å². The number of carbonyl (C=O) groups is 2. The molecule has 3 aromatic rings. The molecule has 3 N–H and O–H groups in total. The van der Waals surface area contributed by atoms with Crippen LogP contribution in [0.3, 0.4) is 0 Å². The van der Waals surface area contributed by atoms with Gasteiger partial charge in [0.2, 0.25) is 0 Å². The van der Waals surface area contributed by atoms with Crippen LogP contribution in [0.5, 0.6) is 0 Å². The molecular weight excluding hydrogens is 402 g/mol. The first-order chi connectivity index (χ1) is 15.6. The van der Waals surface area contributed by atoms with E-state index in [4.69, 9.17) is 0 Å². The molecule has 0 spiro atoms. The molecule has 32 heavy (non-hydrogen) atoms. The van der Waals surface area contributed by atoms with Gasteiger partial charge in [-0.3, -0.25) is 14.6 Å². The van der Waals surface area contributed by atoms with E-state index in [1.807, 2.05) is 30.3 Å². The highest BCUT2D eigenvalue weighted by Gasteiger charge is 2.24. The Morgan fingerprint density at radius 3 is 2.47 bits per heavy atom. The van der Waals surface area contributed by atoms with Crippen LogP contribution in [-0.2, 0) is 19.5 Å². The van der Waals surface area contributed by atoms with Crippen molar-refractivity contribution in [3.05, 3.63) is 101 Å². The highest BCUT2D eigenvalue weighted by atomic mass is 16.3. The number of carbonyl (C=O) groups excluding carboxylic acids is 2. The van der Waals surface area contributed by atoms with Gasteiger partial charge in [-0.2, -0.15) is 0 Å². The van der Waals surface area contributed by atoms with Crippen LogP contribution >= 0.6 is 0 Å². The third kappa shape index (κ3) is 5.46. The predicted molar refractivity (Wildman–Crippen MR) is 122 cm³/mol. The molecule has 2 atom stereocenters. The van der Waals surface area contributed by atoms with E-state index in [1.54, 1.807) is 30.5 Å². The van der Waals surface area contributed by atoms with E-state index >= 15 is 0 Å². The molecule has 0 fully saturated rings. The molecule has 1 amide bonds. The maximum atomic E-state index is 12.6. The number of Topliss-reactive ketones (excluding diaryl/α,β-unsaturated/α-hetero) is 1. The average Bonchev–Trinajstić information content (AvgIpc) is 2.86. The van der Waals surface area contributed by atoms with Gasteiger partial charge in [0.25, 0.3) is 5.91 Å². The lowest BCUT2D eigenvalue weighted by atomic mass is 9.90. The van der Waals surface area contributed by atoms with Gasteiger partial charge in [0.1, 0.15) is 0 Å². The SMILES string of the molecule is O=C(CC[C@@H](O)[C@@H]1Cc2ccccc2CN1)c1ccc(C(=O)NCc2ccccn2)cc1. The zero-order chi connectivity index (χ0) is 22.3.